The molecule has 0 amide bonds. The molecule has 0 aliphatic heterocycles. The monoisotopic (exact) mass is 168 g/mol. The average molecular weight is 168 g/mol. The van der Waals surface area contributed by atoms with Crippen LogP contribution in [0.5, 0.6) is 5.75 Å². The van der Waals surface area contributed by atoms with Gasteiger partial charge < -0.3 is 15.4 Å². The molecule has 1 aromatic heterocycles. The molecule has 0 saturated carbocycles. The van der Waals surface area contributed by atoms with E-state index in [0.717, 1.165) is 0 Å². The molecule has 0 unspecified atom stereocenters. The molecule has 1 aromatic rings. The predicted octanol–water partition coefficient (Wildman–Crippen LogP) is 0.361. The van der Waals surface area contributed by atoms with Crippen molar-refractivity contribution in [3.05, 3.63) is 28.2 Å². The molecule has 0 fully saturated rings. The molecule has 0 aromatic carbocycles. The van der Waals surface area contributed by atoms with E-state index in [2.05, 4.69) is 10.3 Å². The van der Waals surface area contributed by atoms with E-state index in [1.165, 1.54) is 12.3 Å². The van der Waals surface area contributed by atoms with E-state index in [4.69, 9.17) is 0 Å². The molecule has 4 heteroatoms. The molecule has 12 heavy (non-hydrogen) atoms. The first kappa shape index (κ1) is 8.80. The first-order valence-electron chi connectivity index (χ1n) is 3.74. The number of aromatic hydroxyl groups is 1. The number of aromatic amines is 1. The van der Waals surface area contributed by atoms with Gasteiger partial charge >= 0.3 is 0 Å². The maximum Gasteiger partial charge on any atom is 0.251 e. The fourth-order valence-electron chi connectivity index (χ4n) is 0.974. The van der Waals surface area contributed by atoms with Gasteiger partial charge in [-0.15, -0.1) is 0 Å². The fraction of sp³-hybridized carbons (Fsp3) is 0.375. The van der Waals surface area contributed by atoms with Gasteiger partial charge in [-0.1, -0.05) is 0 Å². The summed E-state index contributed by atoms with van der Waals surface area (Å²) in [5.74, 6) is 0.0283. The molecule has 66 valence electrons. The lowest BCUT2D eigenvalue weighted by Gasteiger charge is -2.10. The highest BCUT2D eigenvalue weighted by Gasteiger charge is 2.07. The molecular weight excluding hydrogens is 156 g/mol. The van der Waals surface area contributed by atoms with Crippen LogP contribution in [0.25, 0.3) is 0 Å². The number of nitrogens with one attached hydrogen (secondary N) is 2. The zero-order chi connectivity index (χ0) is 9.14. The molecule has 1 atom stereocenters. The van der Waals surface area contributed by atoms with Crippen LogP contribution < -0.4 is 10.9 Å². The van der Waals surface area contributed by atoms with Crippen LogP contribution in [0.15, 0.2) is 17.1 Å². The van der Waals surface area contributed by atoms with Crippen LogP contribution in [-0.2, 0) is 0 Å². The summed E-state index contributed by atoms with van der Waals surface area (Å²) in [7, 11) is 1.79. The van der Waals surface area contributed by atoms with E-state index in [1.807, 2.05) is 6.92 Å². The molecule has 1 heterocycles. The number of hydrogen-bond acceptors (Lipinski definition) is 3. The highest BCUT2D eigenvalue weighted by atomic mass is 16.3. The van der Waals surface area contributed by atoms with Gasteiger partial charge in [0.15, 0.2) is 0 Å². The van der Waals surface area contributed by atoms with E-state index in [1.54, 1.807) is 7.05 Å². The molecule has 3 N–H and O–H groups in total. The SMILES string of the molecule is CN[C@H](C)c1c[nH]c(=O)cc1O. The molecule has 0 aliphatic carbocycles. The van der Waals surface area contributed by atoms with Gasteiger partial charge in [0, 0.05) is 23.9 Å². The van der Waals surface area contributed by atoms with Gasteiger partial charge in [-0.05, 0) is 14.0 Å². The van der Waals surface area contributed by atoms with Crippen molar-refractivity contribution in [3.63, 3.8) is 0 Å². The topological polar surface area (TPSA) is 65.1 Å². The van der Waals surface area contributed by atoms with Crippen molar-refractivity contribution >= 4 is 0 Å². The molecule has 1 rings (SSSR count). The Morgan fingerprint density at radius 3 is 2.83 bits per heavy atom. The minimum Gasteiger partial charge on any atom is -0.507 e. The number of rotatable bonds is 2. The van der Waals surface area contributed by atoms with Crippen LogP contribution in [0.1, 0.15) is 18.5 Å². The zero-order valence-corrected chi connectivity index (χ0v) is 7.09. The molecule has 4 nitrogen and oxygen atoms in total. The predicted molar refractivity (Wildman–Crippen MR) is 46.2 cm³/mol. The van der Waals surface area contributed by atoms with Crippen molar-refractivity contribution in [2.75, 3.05) is 7.05 Å². The Balaban J connectivity index is 3.09. The summed E-state index contributed by atoms with van der Waals surface area (Å²) in [6.45, 7) is 1.90. The first-order valence-corrected chi connectivity index (χ1v) is 3.74. The van der Waals surface area contributed by atoms with Gasteiger partial charge in [-0.2, -0.15) is 0 Å². The summed E-state index contributed by atoms with van der Waals surface area (Å²) in [4.78, 5) is 13.2. The summed E-state index contributed by atoms with van der Waals surface area (Å²) in [5, 5.41) is 12.3. The third-order valence-electron chi connectivity index (χ3n) is 1.83. The minimum absolute atomic E-state index is 0.0283. The Hall–Kier alpha value is -1.29. The maximum absolute atomic E-state index is 10.7. The molecule has 0 bridgehead atoms. The largest absolute Gasteiger partial charge is 0.507 e. The van der Waals surface area contributed by atoms with Crippen molar-refractivity contribution < 1.29 is 5.11 Å². The number of aromatic nitrogens is 1. The highest BCUT2D eigenvalue weighted by molar-refractivity contribution is 5.30. The molecule has 0 saturated heterocycles. The standard InChI is InChI=1S/C8H12N2O2/c1-5(9-2)6-4-10-8(12)3-7(6)11/h3-5,9H,1-2H3,(H2,10,11,12)/t5-/m1/s1. The van der Waals surface area contributed by atoms with Crippen molar-refractivity contribution in [3.8, 4) is 5.75 Å². The van der Waals surface area contributed by atoms with Crippen LogP contribution >= 0.6 is 0 Å². The summed E-state index contributed by atoms with van der Waals surface area (Å²) in [6.07, 6.45) is 1.51. The Morgan fingerprint density at radius 2 is 2.33 bits per heavy atom. The van der Waals surface area contributed by atoms with Gasteiger partial charge in [-0.25, -0.2) is 0 Å². The van der Waals surface area contributed by atoms with Crippen molar-refractivity contribution in [2.24, 2.45) is 0 Å². The van der Waals surface area contributed by atoms with Gasteiger partial charge in [0.2, 0.25) is 0 Å². The summed E-state index contributed by atoms with van der Waals surface area (Å²) in [6, 6.07) is 1.20. The lowest BCUT2D eigenvalue weighted by atomic mass is 10.1. The van der Waals surface area contributed by atoms with Gasteiger partial charge in [-0.3, -0.25) is 4.79 Å². The smallest absolute Gasteiger partial charge is 0.251 e. The molecule has 0 aliphatic rings. The minimum atomic E-state index is -0.292. The number of hydrogen-bond donors (Lipinski definition) is 3. The lowest BCUT2D eigenvalue weighted by Crippen LogP contribution is -2.14. The summed E-state index contributed by atoms with van der Waals surface area (Å²) >= 11 is 0. The maximum atomic E-state index is 10.7. The van der Waals surface area contributed by atoms with E-state index in [-0.39, 0.29) is 17.4 Å². The summed E-state index contributed by atoms with van der Waals surface area (Å²) in [5.41, 5.74) is 0.400. The van der Waals surface area contributed by atoms with Crippen molar-refractivity contribution in [1.82, 2.24) is 10.3 Å². The van der Waals surface area contributed by atoms with Crippen LogP contribution in [0.2, 0.25) is 0 Å². The molecular formula is C8H12N2O2. The first-order chi connectivity index (χ1) is 5.65. The lowest BCUT2D eigenvalue weighted by molar-refractivity contribution is 0.455. The van der Waals surface area contributed by atoms with Crippen molar-refractivity contribution in [2.45, 2.75) is 13.0 Å². The number of H-pyrrole nitrogens is 1. The molecule has 0 spiro atoms. The third kappa shape index (κ3) is 1.65. The van der Waals surface area contributed by atoms with Gasteiger partial charge in [0.05, 0.1) is 0 Å². The Labute approximate surface area is 70.3 Å². The number of pyridine rings is 1. The van der Waals surface area contributed by atoms with Gasteiger partial charge in [0.25, 0.3) is 5.56 Å². The Bertz CT molecular complexity index is 319. The normalized spacial score (nSPS) is 12.8. The average Bonchev–Trinajstić information content (AvgIpc) is 2.03. The quantitative estimate of drug-likeness (QED) is 0.597. The second-order valence-electron chi connectivity index (χ2n) is 2.65. The molecule has 0 radical (unpaired) electrons. The zero-order valence-electron chi connectivity index (χ0n) is 7.09. The summed E-state index contributed by atoms with van der Waals surface area (Å²) < 4.78 is 0. The Morgan fingerprint density at radius 1 is 1.67 bits per heavy atom. The van der Waals surface area contributed by atoms with E-state index >= 15 is 0 Å². The highest BCUT2D eigenvalue weighted by Crippen LogP contribution is 2.19. The van der Waals surface area contributed by atoms with Crippen LogP contribution in [0.4, 0.5) is 0 Å². The van der Waals surface area contributed by atoms with E-state index in [9.17, 15) is 9.90 Å². The van der Waals surface area contributed by atoms with Gasteiger partial charge in [0.1, 0.15) is 5.75 Å². The van der Waals surface area contributed by atoms with Crippen LogP contribution in [0.3, 0.4) is 0 Å². The third-order valence-corrected chi connectivity index (χ3v) is 1.83. The van der Waals surface area contributed by atoms with Crippen LogP contribution in [0, 0.1) is 0 Å². The Kier molecular flexibility index (Phi) is 2.50. The van der Waals surface area contributed by atoms with Crippen LogP contribution in [-0.4, -0.2) is 17.1 Å². The second kappa shape index (κ2) is 3.40. The van der Waals surface area contributed by atoms with E-state index < -0.39 is 0 Å². The second-order valence-corrected chi connectivity index (χ2v) is 2.65. The fourth-order valence-corrected chi connectivity index (χ4v) is 0.974. The van der Waals surface area contributed by atoms with E-state index in [0.29, 0.717) is 5.56 Å². The van der Waals surface area contributed by atoms with Crippen molar-refractivity contribution in [1.29, 1.82) is 0 Å².